The number of hydrogen-bond donors (Lipinski definition) is 1. The molecule has 2 aromatic rings. The molecule has 2 aromatic heterocycles. The molecule has 1 unspecified atom stereocenters. The molecule has 0 amide bonds. The summed E-state index contributed by atoms with van der Waals surface area (Å²) in [6.07, 6.45) is 2.56. The second-order valence-electron chi connectivity index (χ2n) is 4.50. The molecule has 1 atom stereocenters. The number of pyridine rings is 1. The first-order valence-corrected chi connectivity index (χ1v) is 6.30. The van der Waals surface area contributed by atoms with E-state index in [1.807, 2.05) is 33.9 Å². The molecule has 5 heteroatoms. The van der Waals surface area contributed by atoms with Gasteiger partial charge in [-0.15, -0.1) is 0 Å². The third-order valence-corrected chi connectivity index (χ3v) is 3.20. The molecule has 0 aliphatic rings. The van der Waals surface area contributed by atoms with Crippen LogP contribution in [0.15, 0.2) is 18.5 Å². The van der Waals surface area contributed by atoms with Gasteiger partial charge in [0, 0.05) is 30.1 Å². The minimum absolute atomic E-state index is 0.576. The number of aliphatic hydroxyl groups excluding tert-OH is 1. The Hall–Kier alpha value is -1.88. The molecular formula is C14H19N3O2. The zero-order valence-electron chi connectivity index (χ0n) is 11.7. The van der Waals surface area contributed by atoms with Crippen molar-refractivity contribution in [2.75, 3.05) is 6.61 Å². The van der Waals surface area contributed by atoms with Crippen molar-refractivity contribution in [3.05, 3.63) is 41.0 Å². The van der Waals surface area contributed by atoms with Crippen molar-refractivity contribution in [3.63, 3.8) is 0 Å². The molecule has 2 rings (SSSR count). The van der Waals surface area contributed by atoms with Crippen LogP contribution in [0.3, 0.4) is 0 Å². The lowest BCUT2D eigenvalue weighted by Crippen LogP contribution is -2.04. The number of aromatic nitrogens is 3. The van der Waals surface area contributed by atoms with Gasteiger partial charge in [-0.2, -0.15) is 5.10 Å². The van der Waals surface area contributed by atoms with Crippen molar-refractivity contribution in [2.24, 2.45) is 7.05 Å². The molecule has 0 fully saturated rings. The van der Waals surface area contributed by atoms with Crippen molar-refractivity contribution < 1.29 is 9.84 Å². The SMILES string of the molecule is CCOc1cncc(C(O)c2c(C)nn(C)c2C)c1. The Morgan fingerprint density at radius 3 is 2.68 bits per heavy atom. The molecule has 2 heterocycles. The summed E-state index contributed by atoms with van der Waals surface area (Å²) in [7, 11) is 1.87. The van der Waals surface area contributed by atoms with E-state index in [0.29, 0.717) is 17.9 Å². The van der Waals surface area contributed by atoms with Crippen LogP contribution >= 0.6 is 0 Å². The van der Waals surface area contributed by atoms with Crippen LogP contribution in [0.1, 0.15) is 35.5 Å². The summed E-state index contributed by atoms with van der Waals surface area (Å²) in [4.78, 5) is 4.10. The zero-order valence-corrected chi connectivity index (χ0v) is 11.7. The molecule has 0 saturated carbocycles. The van der Waals surface area contributed by atoms with Gasteiger partial charge in [-0.25, -0.2) is 0 Å². The van der Waals surface area contributed by atoms with Gasteiger partial charge in [-0.05, 0) is 26.8 Å². The van der Waals surface area contributed by atoms with Crippen molar-refractivity contribution in [1.82, 2.24) is 14.8 Å². The molecule has 19 heavy (non-hydrogen) atoms. The first-order valence-electron chi connectivity index (χ1n) is 6.30. The summed E-state index contributed by atoms with van der Waals surface area (Å²) >= 11 is 0. The van der Waals surface area contributed by atoms with Crippen LogP contribution in [-0.2, 0) is 7.05 Å². The zero-order chi connectivity index (χ0) is 14.0. The Morgan fingerprint density at radius 2 is 2.11 bits per heavy atom. The van der Waals surface area contributed by atoms with Gasteiger partial charge in [0.2, 0.25) is 0 Å². The minimum atomic E-state index is -0.735. The van der Waals surface area contributed by atoms with E-state index in [1.54, 1.807) is 17.1 Å². The fourth-order valence-corrected chi connectivity index (χ4v) is 2.18. The van der Waals surface area contributed by atoms with Gasteiger partial charge in [-0.1, -0.05) is 0 Å². The van der Waals surface area contributed by atoms with Gasteiger partial charge < -0.3 is 9.84 Å². The van der Waals surface area contributed by atoms with Crippen molar-refractivity contribution in [1.29, 1.82) is 0 Å². The van der Waals surface area contributed by atoms with Gasteiger partial charge in [0.05, 0.1) is 18.5 Å². The Bertz CT molecular complexity index is 578. The number of aliphatic hydroxyl groups is 1. The topological polar surface area (TPSA) is 60.2 Å². The summed E-state index contributed by atoms with van der Waals surface area (Å²) in [5.41, 5.74) is 3.32. The lowest BCUT2D eigenvalue weighted by molar-refractivity contribution is 0.217. The van der Waals surface area contributed by atoms with Crippen LogP contribution in [0, 0.1) is 13.8 Å². The third-order valence-electron chi connectivity index (χ3n) is 3.20. The molecule has 0 aliphatic carbocycles. The van der Waals surface area contributed by atoms with Crippen molar-refractivity contribution in [3.8, 4) is 5.75 Å². The van der Waals surface area contributed by atoms with Gasteiger partial charge >= 0.3 is 0 Å². The predicted molar refractivity (Wildman–Crippen MR) is 72.1 cm³/mol. The smallest absolute Gasteiger partial charge is 0.137 e. The summed E-state index contributed by atoms with van der Waals surface area (Å²) in [6.45, 7) is 6.33. The highest BCUT2D eigenvalue weighted by Gasteiger charge is 2.20. The number of ether oxygens (including phenoxy) is 1. The number of hydrogen-bond acceptors (Lipinski definition) is 4. The molecular weight excluding hydrogens is 242 g/mol. The molecule has 1 N–H and O–H groups in total. The van der Waals surface area contributed by atoms with Crippen LogP contribution in [-0.4, -0.2) is 26.5 Å². The fraction of sp³-hybridized carbons (Fsp3) is 0.429. The quantitative estimate of drug-likeness (QED) is 0.913. The lowest BCUT2D eigenvalue weighted by atomic mass is 10.0. The van der Waals surface area contributed by atoms with Crippen molar-refractivity contribution >= 4 is 0 Å². The summed E-state index contributed by atoms with van der Waals surface area (Å²) in [5, 5.41) is 14.8. The highest BCUT2D eigenvalue weighted by atomic mass is 16.5. The average Bonchev–Trinajstić information content (AvgIpc) is 2.63. The Labute approximate surface area is 112 Å². The summed E-state index contributed by atoms with van der Waals surface area (Å²) < 4.78 is 7.18. The standard InChI is InChI=1S/C14H19N3O2/c1-5-19-12-6-11(7-15-8-12)14(18)13-9(2)16-17(4)10(13)3/h6-8,14,18H,5H2,1-4H3. The highest BCUT2D eigenvalue weighted by Crippen LogP contribution is 2.28. The highest BCUT2D eigenvalue weighted by molar-refractivity contribution is 5.36. The van der Waals surface area contributed by atoms with Gasteiger partial charge in [-0.3, -0.25) is 9.67 Å². The maximum Gasteiger partial charge on any atom is 0.137 e. The van der Waals surface area contributed by atoms with E-state index in [9.17, 15) is 5.11 Å². The molecule has 0 saturated heterocycles. The fourth-order valence-electron chi connectivity index (χ4n) is 2.18. The average molecular weight is 261 g/mol. The van der Waals surface area contributed by atoms with Gasteiger partial charge in [0.1, 0.15) is 11.9 Å². The van der Waals surface area contributed by atoms with Crippen LogP contribution in [0.5, 0.6) is 5.75 Å². The molecule has 0 radical (unpaired) electrons. The summed E-state index contributed by atoms with van der Waals surface area (Å²) in [5.74, 6) is 0.665. The number of nitrogens with zero attached hydrogens (tertiary/aromatic N) is 3. The molecule has 102 valence electrons. The van der Waals surface area contributed by atoms with Gasteiger partial charge in [0.25, 0.3) is 0 Å². The largest absolute Gasteiger partial charge is 0.492 e. The maximum atomic E-state index is 10.5. The van der Waals surface area contributed by atoms with E-state index < -0.39 is 6.10 Å². The Morgan fingerprint density at radius 1 is 1.37 bits per heavy atom. The van der Waals surface area contributed by atoms with Crippen LogP contribution in [0.2, 0.25) is 0 Å². The predicted octanol–water partition coefficient (Wildman–Crippen LogP) is 1.91. The second kappa shape index (κ2) is 5.40. The van der Waals surface area contributed by atoms with Crippen LogP contribution in [0.25, 0.3) is 0 Å². The molecule has 0 aliphatic heterocycles. The Kier molecular flexibility index (Phi) is 3.85. The molecule has 0 spiro atoms. The maximum absolute atomic E-state index is 10.5. The first-order chi connectivity index (χ1) is 9.04. The summed E-state index contributed by atoms with van der Waals surface area (Å²) in [6, 6.07) is 1.81. The number of aryl methyl sites for hydroxylation is 2. The van der Waals surface area contributed by atoms with E-state index in [2.05, 4.69) is 10.1 Å². The Balaban J connectivity index is 2.38. The third kappa shape index (κ3) is 2.61. The van der Waals surface area contributed by atoms with Crippen LogP contribution < -0.4 is 4.74 Å². The van der Waals surface area contributed by atoms with E-state index in [-0.39, 0.29) is 0 Å². The van der Waals surface area contributed by atoms with Crippen LogP contribution in [0.4, 0.5) is 0 Å². The van der Waals surface area contributed by atoms with E-state index >= 15 is 0 Å². The molecule has 0 aromatic carbocycles. The van der Waals surface area contributed by atoms with Crippen molar-refractivity contribution in [2.45, 2.75) is 26.9 Å². The first kappa shape index (κ1) is 13.5. The van der Waals surface area contributed by atoms with E-state index in [0.717, 1.165) is 17.0 Å². The van der Waals surface area contributed by atoms with E-state index in [1.165, 1.54) is 0 Å². The minimum Gasteiger partial charge on any atom is -0.492 e. The van der Waals surface area contributed by atoms with Gasteiger partial charge in [0.15, 0.2) is 0 Å². The second-order valence-corrected chi connectivity index (χ2v) is 4.50. The van der Waals surface area contributed by atoms with E-state index in [4.69, 9.17) is 4.74 Å². The molecule has 0 bridgehead atoms. The number of rotatable bonds is 4. The molecule has 5 nitrogen and oxygen atoms in total. The lowest BCUT2D eigenvalue weighted by Gasteiger charge is -2.13. The normalized spacial score (nSPS) is 12.5. The monoisotopic (exact) mass is 261 g/mol.